The van der Waals surface area contributed by atoms with Crippen LogP contribution < -0.4 is 10.1 Å². The largest absolute Gasteiger partial charge is 0.503 e. The van der Waals surface area contributed by atoms with Crippen LogP contribution in [0.1, 0.15) is 41.4 Å². The minimum atomic E-state index is -0.964. The van der Waals surface area contributed by atoms with Crippen molar-refractivity contribution in [1.82, 2.24) is 10.3 Å². The van der Waals surface area contributed by atoms with E-state index in [1.807, 2.05) is 61.5 Å². The number of methoxy groups -OCH3 is 1. The van der Waals surface area contributed by atoms with E-state index in [-0.39, 0.29) is 17.4 Å². The fourth-order valence-corrected chi connectivity index (χ4v) is 3.71. The number of halogens is 1. The molecule has 0 spiro atoms. The number of hydrogen-bond donors (Lipinski definition) is 2. The maximum absolute atomic E-state index is 12.8. The first kappa shape index (κ1) is 25.1. The van der Waals surface area contributed by atoms with Gasteiger partial charge in [0.2, 0.25) is 0 Å². The van der Waals surface area contributed by atoms with Crippen LogP contribution in [0.3, 0.4) is 0 Å². The third-order valence-corrected chi connectivity index (χ3v) is 5.74. The number of aromatic nitrogens is 1. The molecule has 2 aromatic carbocycles. The van der Waals surface area contributed by atoms with E-state index in [9.17, 15) is 14.7 Å². The van der Waals surface area contributed by atoms with Crippen molar-refractivity contribution in [2.24, 2.45) is 0 Å². The summed E-state index contributed by atoms with van der Waals surface area (Å²) in [5.74, 6) is -1.71. The Morgan fingerprint density at radius 2 is 1.74 bits per heavy atom. The number of ether oxygens (including phenoxy) is 2. The van der Waals surface area contributed by atoms with Crippen molar-refractivity contribution in [1.29, 1.82) is 0 Å². The highest BCUT2D eigenvalue weighted by molar-refractivity contribution is 6.30. The maximum atomic E-state index is 12.8. The van der Waals surface area contributed by atoms with Gasteiger partial charge in [0, 0.05) is 23.2 Å². The zero-order chi connectivity index (χ0) is 24.7. The van der Waals surface area contributed by atoms with Gasteiger partial charge >= 0.3 is 5.97 Å². The summed E-state index contributed by atoms with van der Waals surface area (Å²) in [5.41, 5.74) is 1.85. The van der Waals surface area contributed by atoms with Crippen LogP contribution in [0, 0.1) is 0 Å². The van der Waals surface area contributed by atoms with Crippen LogP contribution in [-0.4, -0.2) is 41.2 Å². The highest BCUT2D eigenvalue weighted by atomic mass is 35.5. The molecule has 0 fully saturated rings. The lowest BCUT2D eigenvalue weighted by Gasteiger charge is -2.26. The molecule has 2 N–H and O–H groups in total. The van der Waals surface area contributed by atoms with Gasteiger partial charge in [-0.2, -0.15) is 0 Å². The van der Waals surface area contributed by atoms with Crippen molar-refractivity contribution in [3.63, 3.8) is 0 Å². The number of hydrogen-bond acceptors (Lipinski definition) is 6. The van der Waals surface area contributed by atoms with Crippen LogP contribution >= 0.6 is 11.6 Å². The molecular formula is C26H27ClN2O5. The maximum Gasteiger partial charge on any atom is 0.328 e. The highest BCUT2D eigenvalue weighted by Gasteiger charge is 2.27. The monoisotopic (exact) mass is 482 g/mol. The van der Waals surface area contributed by atoms with E-state index in [4.69, 9.17) is 21.1 Å². The van der Waals surface area contributed by atoms with E-state index in [0.717, 1.165) is 11.1 Å². The Morgan fingerprint density at radius 3 is 2.38 bits per heavy atom. The third kappa shape index (κ3) is 6.26. The molecule has 8 heteroatoms. The summed E-state index contributed by atoms with van der Waals surface area (Å²) in [5, 5.41) is 13.3. The number of aromatic hydroxyl groups is 1. The van der Waals surface area contributed by atoms with Crippen LogP contribution in [0.4, 0.5) is 0 Å². The van der Waals surface area contributed by atoms with Gasteiger partial charge < -0.3 is 19.9 Å². The molecule has 0 saturated carbocycles. The molecule has 1 amide bonds. The van der Waals surface area contributed by atoms with Crippen LogP contribution in [0.15, 0.2) is 66.9 Å². The second kappa shape index (κ2) is 11.5. The lowest BCUT2D eigenvalue weighted by molar-refractivity contribution is -0.151. The molecule has 0 bridgehead atoms. The number of nitrogens with zero attached hydrogens (tertiary/aromatic N) is 1. The minimum Gasteiger partial charge on any atom is -0.503 e. The van der Waals surface area contributed by atoms with E-state index in [2.05, 4.69) is 10.3 Å². The quantitative estimate of drug-likeness (QED) is 0.435. The van der Waals surface area contributed by atoms with E-state index in [0.29, 0.717) is 11.4 Å². The van der Waals surface area contributed by atoms with Crippen molar-refractivity contribution >= 4 is 23.5 Å². The third-order valence-electron chi connectivity index (χ3n) is 5.49. The summed E-state index contributed by atoms with van der Waals surface area (Å²) < 4.78 is 10.7. The summed E-state index contributed by atoms with van der Waals surface area (Å²) in [4.78, 5) is 29.2. The smallest absolute Gasteiger partial charge is 0.328 e. The average molecular weight is 483 g/mol. The molecule has 0 aliphatic carbocycles. The van der Waals surface area contributed by atoms with Gasteiger partial charge in [0.15, 0.2) is 17.2 Å². The van der Waals surface area contributed by atoms with Crippen molar-refractivity contribution < 1.29 is 24.2 Å². The van der Waals surface area contributed by atoms with Gasteiger partial charge in [0.1, 0.15) is 12.1 Å². The molecule has 0 radical (unpaired) electrons. The molecule has 0 saturated heterocycles. The number of nitrogens with one attached hydrogen (secondary N) is 1. The molecule has 1 aromatic heterocycles. The Morgan fingerprint density at radius 1 is 1.06 bits per heavy atom. The van der Waals surface area contributed by atoms with Crippen molar-refractivity contribution in [3.8, 4) is 11.5 Å². The number of esters is 1. The Labute approximate surface area is 203 Å². The number of carbonyl (C=O) groups is 2. The second-order valence-electron chi connectivity index (χ2n) is 7.90. The first-order valence-electron chi connectivity index (χ1n) is 10.8. The zero-order valence-corrected chi connectivity index (χ0v) is 20.0. The van der Waals surface area contributed by atoms with Gasteiger partial charge in [-0.05, 0) is 43.5 Å². The molecule has 3 atom stereocenters. The molecule has 0 aliphatic heterocycles. The molecule has 0 unspecified atom stereocenters. The first-order valence-corrected chi connectivity index (χ1v) is 11.2. The standard InChI is InChI=1S/C26H27ClN2O5/c1-16(29-25(31)23-24(30)22(33-3)13-14-28-23)26(32)34-17(2)21(19-7-5-4-6-8-19)15-18-9-11-20(27)12-10-18/h4-14,16-17,21,30H,15H2,1-3H3,(H,29,31)/t16-,17-,21-/m0/s1. The fourth-order valence-electron chi connectivity index (χ4n) is 3.59. The van der Waals surface area contributed by atoms with Gasteiger partial charge in [-0.3, -0.25) is 4.79 Å². The molecular weight excluding hydrogens is 456 g/mol. The van der Waals surface area contributed by atoms with E-state index in [1.165, 1.54) is 26.3 Å². The van der Waals surface area contributed by atoms with E-state index in [1.54, 1.807) is 0 Å². The lowest BCUT2D eigenvalue weighted by atomic mass is 9.88. The van der Waals surface area contributed by atoms with Crippen molar-refractivity contribution in [3.05, 3.63) is 88.7 Å². The Balaban J connectivity index is 1.70. The predicted octanol–water partition coefficient (Wildman–Crippen LogP) is 4.53. The number of pyridine rings is 1. The van der Waals surface area contributed by atoms with Gasteiger partial charge in [0.25, 0.3) is 5.91 Å². The summed E-state index contributed by atoms with van der Waals surface area (Å²) >= 11 is 6.01. The number of rotatable bonds is 9. The van der Waals surface area contributed by atoms with Crippen LogP contribution in [0.5, 0.6) is 11.5 Å². The minimum absolute atomic E-state index is 0.108. The SMILES string of the molecule is COc1ccnc(C(=O)N[C@@H](C)C(=O)O[C@@H](C)[C@H](Cc2ccc(Cl)cc2)c2ccccc2)c1O. The van der Waals surface area contributed by atoms with Gasteiger partial charge in [-0.15, -0.1) is 0 Å². The van der Waals surface area contributed by atoms with Gasteiger partial charge in [0.05, 0.1) is 7.11 Å². The van der Waals surface area contributed by atoms with Gasteiger partial charge in [-0.25, -0.2) is 9.78 Å². The molecule has 3 rings (SSSR count). The number of benzene rings is 2. The Kier molecular flexibility index (Phi) is 8.49. The average Bonchev–Trinajstić information content (AvgIpc) is 2.84. The van der Waals surface area contributed by atoms with Crippen LogP contribution in [-0.2, 0) is 16.0 Å². The van der Waals surface area contributed by atoms with Gasteiger partial charge in [-0.1, -0.05) is 54.1 Å². The molecule has 178 valence electrons. The van der Waals surface area contributed by atoms with Crippen LogP contribution in [0.2, 0.25) is 5.02 Å². The molecule has 34 heavy (non-hydrogen) atoms. The predicted molar refractivity (Wildman–Crippen MR) is 129 cm³/mol. The van der Waals surface area contributed by atoms with Crippen molar-refractivity contribution in [2.45, 2.75) is 38.3 Å². The van der Waals surface area contributed by atoms with E-state index < -0.39 is 29.8 Å². The summed E-state index contributed by atoms with van der Waals surface area (Å²) in [7, 11) is 1.37. The summed E-state index contributed by atoms with van der Waals surface area (Å²) in [6.07, 6.45) is 1.49. The van der Waals surface area contributed by atoms with Crippen LogP contribution in [0.25, 0.3) is 0 Å². The zero-order valence-electron chi connectivity index (χ0n) is 19.2. The highest BCUT2D eigenvalue weighted by Crippen LogP contribution is 2.29. The molecule has 3 aromatic rings. The number of amides is 1. The second-order valence-corrected chi connectivity index (χ2v) is 8.33. The van der Waals surface area contributed by atoms with Crippen molar-refractivity contribution in [2.75, 3.05) is 7.11 Å². The van der Waals surface area contributed by atoms with E-state index >= 15 is 0 Å². The normalized spacial score (nSPS) is 13.4. The number of carbonyl (C=O) groups excluding carboxylic acids is 2. The first-order chi connectivity index (χ1) is 16.3. The molecule has 0 aliphatic rings. The summed E-state index contributed by atoms with van der Waals surface area (Å²) in [6, 6.07) is 17.8. The molecule has 7 nitrogen and oxygen atoms in total. The molecule has 1 heterocycles. The summed E-state index contributed by atoms with van der Waals surface area (Å²) in [6.45, 7) is 3.34. The fraction of sp³-hybridized carbons (Fsp3) is 0.269. The Hall–Kier alpha value is -3.58. The topological polar surface area (TPSA) is 97.8 Å². The lowest BCUT2D eigenvalue weighted by Crippen LogP contribution is -2.41. The Bertz CT molecular complexity index is 1120.